The van der Waals surface area contributed by atoms with Crippen molar-refractivity contribution < 1.29 is 8.42 Å². The zero-order chi connectivity index (χ0) is 13.9. The van der Waals surface area contributed by atoms with Gasteiger partial charge in [0.15, 0.2) is 9.84 Å². The summed E-state index contributed by atoms with van der Waals surface area (Å²) in [6, 6.07) is 3.96. The number of pyridine rings is 1. The molecule has 5 nitrogen and oxygen atoms in total. The first-order chi connectivity index (χ1) is 9.02. The SMILES string of the molecule is CCNC(Cc1cccnc1N)C1CCS(=O)(=O)C1. The Morgan fingerprint density at radius 2 is 2.37 bits per heavy atom. The van der Waals surface area contributed by atoms with E-state index in [0.29, 0.717) is 11.6 Å². The van der Waals surface area contributed by atoms with Crippen molar-refractivity contribution in [2.75, 3.05) is 23.8 Å². The fourth-order valence-electron chi connectivity index (χ4n) is 2.67. The summed E-state index contributed by atoms with van der Waals surface area (Å²) in [4.78, 5) is 4.08. The molecule has 0 bridgehead atoms. The minimum Gasteiger partial charge on any atom is -0.383 e. The van der Waals surface area contributed by atoms with Crippen LogP contribution in [0.25, 0.3) is 0 Å². The van der Waals surface area contributed by atoms with E-state index in [1.54, 1.807) is 6.20 Å². The lowest BCUT2D eigenvalue weighted by Crippen LogP contribution is -2.38. The van der Waals surface area contributed by atoms with Gasteiger partial charge < -0.3 is 11.1 Å². The van der Waals surface area contributed by atoms with Crippen molar-refractivity contribution in [2.24, 2.45) is 5.92 Å². The summed E-state index contributed by atoms with van der Waals surface area (Å²) in [5, 5.41) is 3.39. The van der Waals surface area contributed by atoms with E-state index in [1.165, 1.54) is 0 Å². The summed E-state index contributed by atoms with van der Waals surface area (Å²) in [5.41, 5.74) is 6.84. The van der Waals surface area contributed by atoms with Crippen LogP contribution >= 0.6 is 0 Å². The molecule has 19 heavy (non-hydrogen) atoms. The standard InChI is InChI=1S/C13H21N3O2S/c1-2-15-12(11-5-7-19(17,18)9-11)8-10-4-3-6-16-13(10)14/h3-4,6,11-12,15H,2,5,7-9H2,1H3,(H2,14,16). The van der Waals surface area contributed by atoms with Crippen LogP contribution in [0.1, 0.15) is 18.9 Å². The normalized spacial score (nSPS) is 23.3. The maximum atomic E-state index is 11.6. The quantitative estimate of drug-likeness (QED) is 0.827. The number of nitrogens with zero attached hydrogens (tertiary/aromatic N) is 1. The molecule has 3 N–H and O–H groups in total. The van der Waals surface area contributed by atoms with Gasteiger partial charge in [-0.05, 0) is 36.9 Å². The lowest BCUT2D eigenvalue weighted by molar-refractivity contribution is 0.386. The minimum atomic E-state index is -2.85. The number of nitrogens with one attached hydrogen (secondary N) is 1. The predicted molar refractivity (Wildman–Crippen MR) is 76.6 cm³/mol. The molecule has 0 saturated carbocycles. The van der Waals surface area contributed by atoms with E-state index in [1.807, 2.05) is 19.1 Å². The number of nitrogen functional groups attached to an aromatic ring is 1. The van der Waals surface area contributed by atoms with E-state index >= 15 is 0 Å². The van der Waals surface area contributed by atoms with Gasteiger partial charge in [-0.1, -0.05) is 13.0 Å². The average molecular weight is 283 g/mol. The van der Waals surface area contributed by atoms with Crippen LogP contribution in [0.5, 0.6) is 0 Å². The van der Waals surface area contributed by atoms with Gasteiger partial charge in [-0.15, -0.1) is 0 Å². The Bertz CT molecular complexity index is 530. The maximum absolute atomic E-state index is 11.6. The largest absolute Gasteiger partial charge is 0.383 e. The second-order valence-electron chi connectivity index (χ2n) is 5.08. The van der Waals surface area contributed by atoms with E-state index in [-0.39, 0.29) is 17.7 Å². The molecule has 0 radical (unpaired) electrons. The number of hydrogen-bond acceptors (Lipinski definition) is 5. The molecule has 2 unspecified atom stereocenters. The second kappa shape index (κ2) is 5.88. The van der Waals surface area contributed by atoms with Gasteiger partial charge in [0.05, 0.1) is 11.5 Å². The van der Waals surface area contributed by atoms with Crippen molar-refractivity contribution in [1.82, 2.24) is 10.3 Å². The van der Waals surface area contributed by atoms with Crippen LogP contribution in [0.15, 0.2) is 18.3 Å². The Labute approximate surface area is 114 Å². The van der Waals surface area contributed by atoms with E-state index in [2.05, 4.69) is 10.3 Å². The monoisotopic (exact) mass is 283 g/mol. The molecule has 1 aromatic rings. The summed E-state index contributed by atoms with van der Waals surface area (Å²) in [7, 11) is -2.85. The van der Waals surface area contributed by atoms with Gasteiger partial charge in [0, 0.05) is 12.2 Å². The molecule has 106 valence electrons. The minimum absolute atomic E-state index is 0.147. The summed E-state index contributed by atoms with van der Waals surface area (Å²) in [6.07, 6.45) is 3.13. The van der Waals surface area contributed by atoms with Crippen molar-refractivity contribution in [3.05, 3.63) is 23.9 Å². The smallest absolute Gasteiger partial charge is 0.150 e. The highest BCUT2D eigenvalue weighted by molar-refractivity contribution is 7.91. The van der Waals surface area contributed by atoms with Crippen molar-refractivity contribution in [1.29, 1.82) is 0 Å². The van der Waals surface area contributed by atoms with Gasteiger partial charge in [0.25, 0.3) is 0 Å². The Morgan fingerprint density at radius 1 is 1.58 bits per heavy atom. The molecule has 1 fully saturated rings. The molecular weight excluding hydrogens is 262 g/mol. The van der Waals surface area contributed by atoms with Crippen LogP contribution in [0, 0.1) is 5.92 Å². The Balaban J connectivity index is 2.11. The van der Waals surface area contributed by atoms with Crippen molar-refractivity contribution in [2.45, 2.75) is 25.8 Å². The van der Waals surface area contributed by atoms with Crippen molar-refractivity contribution in [3.8, 4) is 0 Å². The van der Waals surface area contributed by atoms with Crippen LogP contribution in [-0.2, 0) is 16.3 Å². The first kappa shape index (κ1) is 14.3. The van der Waals surface area contributed by atoms with Crippen LogP contribution in [0.4, 0.5) is 5.82 Å². The third-order valence-corrected chi connectivity index (χ3v) is 5.46. The Kier molecular flexibility index (Phi) is 4.42. The van der Waals surface area contributed by atoms with Crippen LogP contribution < -0.4 is 11.1 Å². The summed E-state index contributed by atoms with van der Waals surface area (Å²) < 4.78 is 23.2. The molecule has 0 spiro atoms. The van der Waals surface area contributed by atoms with Crippen molar-refractivity contribution in [3.63, 3.8) is 0 Å². The lowest BCUT2D eigenvalue weighted by Gasteiger charge is -2.23. The van der Waals surface area contributed by atoms with Crippen LogP contribution in [-0.4, -0.2) is 37.5 Å². The fraction of sp³-hybridized carbons (Fsp3) is 0.615. The summed E-state index contributed by atoms with van der Waals surface area (Å²) >= 11 is 0. The predicted octanol–water partition coefficient (Wildman–Crippen LogP) is 0.619. The maximum Gasteiger partial charge on any atom is 0.150 e. The molecule has 1 aromatic heterocycles. The Morgan fingerprint density at radius 3 is 2.95 bits per heavy atom. The zero-order valence-corrected chi connectivity index (χ0v) is 12.0. The number of rotatable bonds is 5. The first-order valence-corrected chi connectivity index (χ1v) is 8.47. The number of anilines is 1. The highest BCUT2D eigenvalue weighted by Gasteiger charge is 2.33. The topological polar surface area (TPSA) is 85.1 Å². The number of nitrogens with two attached hydrogens (primary N) is 1. The number of sulfone groups is 1. The average Bonchev–Trinajstić information content (AvgIpc) is 2.72. The van der Waals surface area contributed by atoms with Crippen LogP contribution in [0.2, 0.25) is 0 Å². The molecule has 2 rings (SSSR count). The molecule has 6 heteroatoms. The van der Waals surface area contributed by atoms with Gasteiger partial charge in [-0.3, -0.25) is 0 Å². The Hall–Kier alpha value is -1.14. The van der Waals surface area contributed by atoms with Crippen molar-refractivity contribution >= 4 is 15.7 Å². The van der Waals surface area contributed by atoms with E-state index in [9.17, 15) is 8.42 Å². The molecule has 1 saturated heterocycles. The highest BCUT2D eigenvalue weighted by Crippen LogP contribution is 2.25. The zero-order valence-electron chi connectivity index (χ0n) is 11.2. The van der Waals surface area contributed by atoms with Gasteiger partial charge >= 0.3 is 0 Å². The molecule has 0 aromatic carbocycles. The third-order valence-electron chi connectivity index (χ3n) is 3.67. The number of hydrogen-bond donors (Lipinski definition) is 2. The van der Waals surface area contributed by atoms with Gasteiger partial charge in [0.2, 0.25) is 0 Å². The van der Waals surface area contributed by atoms with Gasteiger partial charge in [0.1, 0.15) is 5.82 Å². The molecular formula is C13H21N3O2S. The van der Waals surface area contributed by atoms with Gasteiger partial charge in [-0.25, -0.2) is 13.4 Å². The molecule has 0 amide bonds. The van der Waals surface area contributed by atoms with E-state index in [0.717, 1.165) is 24.9 Å². The number of likely N-dealkylation sites (N-methyl/N-ethyl adjacent to an activating group) is 1. The molecule has 2 heterocycles. The molecule has 1 aliphatic heterocycles. The highest BCUT2D eigenvalue weighted by atomic mass is 32.2. The molecule has 0 aliphatic carbocycles. The van der Waals surface area contributed by atoms with E-state index < -0.39 is 9.84 Å². The molecule has 2 atom stereocenters. The van der Waals surface area contributed by atoms with Crippen LogP contribution in [0.3, 0.4) is 0 Å². The first-order valence-electron chi connectivity index (χ1n) is 6.65. The number of aromatic nitrogens is 1. The molecule has 1 aliphatic rings. The lowest BCUT2D eigenvalue weighted by atomic mass is 9.93. The van der Waals surface area contributed by atoms with Gasteiger partial charge in [-0.2, -0.15) is 0 Å². The summed E-state index contributed by atoms with van der Waals surface area (Å²) in [6.45, 7) is 2.85. The third kappa shape index (κ3) is 3.67. The van der Waals surface area contributed by atoms with E-state index in [4.69, 9.17) is 5.73 Å². The summed E-state index contributed by atoms with van der Waals surface area (Å²) in [5.74, 6) is 1.29. The second-order valence-corrected chi connectivity index (χ2v) is 7.31. The fourth-order valence-corrected chi connectivity index (χ4v) is 4.55.